The summed E-state index contributed by atoms with van der Waals surface area (Å²) in [6.45, 7) is 0.200. The van der Waals surface area contributed by atoms with E-state index < -0.39 is 35.8 Å². The summed E-state index contributed by atoms with van der Waals surface area (Å²) in [4.78, 5) is 63.5. The molecule has 2 bridgehead atoms. The van der Waals surface area contributed by atoms with E-state index in [1.165, 1.54) is 18.2 Å². The van der Waals surface area contributed by atoms with Gasteiger partial charge in [0.15, 0.2) is 0 Å². The van der Waals surface area contributed by atoms with Gasteiger partial charge in [0.2, 0.25) is 0 Å². The van der Waals surface area contributed by atoms with E-state index in [-0.39, 0.29) is 37.2 Å². The molecule has 0 amide bonds. The Bertz CT molecular complexity index is 1050. The number of rotatable bonds is 10. The average Bonchev–Trinajstić information content (AvgIpc) is 2.90. The van der Waals surface area contributed by atoms with Crippen LogP contribution in [-0.2, 0) is 19.1 Å². The second kappa shape index (κ2) is 17.7. The quantitative estimate of drug-likeness (QED) is 0.247. The van der Waals surface area contributed by atoms with Crippen molar-refractivity contribution in [3.8, 4) is 0 Å². The first-order chi connectivity index (χ1) is 18.5. The second-order valence-electron chi connectivity index (χ2n) is 8.10. The van der Waals surface area contributed by atoms with Gasteiger partial charge in [-0.1, -0.05) is 25.3 Å². The predicted molar refractivity (Wildman–Crippen MR) is 135 cm³/mol. The van der Waals surface area contributed by atoms with E-state index >= 15 is 0 Å². The number of aromatic carboxylic acids is 2. The Kier molecular flexibility index (Phi) is 14.6. The number of hydrogen-bond donors (Lipinski definition) is 4. The van der Waals surface area contributed by atoms with Crippen LogP contribution in [0.5, 0.6) is 0 Å². The molecular formula is C27H30O12. The highest BCUT2D eigenvalue weighted by Gasteiger charge is 2.13. The molecule has 2 aromatic carbocycles. The zero-order valence-electron chi connectivity index (χ0n) is 21.0. The molecule has 4 N–H and O–H groups in total. The third kappa shape index (κ3) is 14.0. The minimum atomic E-state index is -1.13. The molecule has 0 spiro atoms. The Labute approximate surface area is 223 Å². The van der Waals surface area contributed by atoms with Gasteiger partial charge in [0.1, 0.15) is 13.2 Å². The molecule has 0 saturated heterocycles. The molecule has 4 rings (SSSR count). The first kappa shape index (κ1) is 32.3. The maximum atomic E-state index is 11.3. The highest BCUT2D eigenvalue weighted by Crippen LogP contribution is 2.09. The smallest absolute Gasteiger partial charge is 0.338 e. The van der Waals surface area contributed by atoms with Crippen molar-refractivity contribution in [2.75, 3.05) is 13.2 Å². The minimum Gasteiger partial charge on any atom is -0.481 e. The molecule has 12 heteroatoms. The molecule has 0 aromatic heterocycles. The lowest BCUT2D eigenvalue weighted by molar-refractivity contribution is -0.138. The zero-order chi connectivity index (χ0) is 29.2. The summed E-state index contributed by atoms with van der Waals surface area (Å²) in [6, 6.07) is 11.4. The van der Waals surface area contributed by atoms with Crippen molar-refractivity contribution in [2.45, 2.75) is 44.9 Å². The first-order valence-corrected chi connectivity index (χ1v) is 12.0. The summed E-state index contributed by atoms with van der Waals surface area (Å²) in [5.74, 6) is -4.56. The fourth-order valence-electron chi connectivity index (χ4n) is 3.05. The summed E-state index contributed by atoms with van der Waals surface area (Å²) in [5.41, 5.74) is 0.858. The molecule has 210 valence electrons. The number of ether oxygens (including phenoxy) is 2. The van der Waals surface area contributed by atoms with E-state index in [9.17, 15) is 28.8 Å². The van der Waals surface area contributed by atoms with Gasteiger partial charge in [-0.15, -0.1) is 0 Å². The van der Waals surface area contributed by atoms with Crippen molar-refractivity contribution in [3.05, 3.63) is 70.8 Å². The lowest BCUT2D eigenvalue weighted by Crippen LogP contribution is -2.16. The van der Waals surface area contributed by atoms with E-state index in [0.717, 1.165) is 25.3 Å². The van der Waals surface area contributed by atoms with Crippen molar-refractivity contribution >= 4 is 35.8 Å². The van der Waals surface area contributed by atoms with Gasteiger partial charge in [-0.3, -0.25) is 9.59 Å². The van der Waals surface area contributed by atoms with Gasteiger partial charge in [-0.2, -0.15) is 0 Å². The van der Waals surface area contributed by atoms with Crippen molar-refractivity contribution in [1.82, 2.24) is 0 Å². The Morgan fingerprint density at radius 1 is 0.590 bits per heavy atom. The predicted octanol–water partition coefficient (Wildman–Crippen LogP) is 3.98. The highest BCUT2D eigenvalue weighted by molar-refractivity contribution is 5.94. The molecule has 0 radical (unpaired) electrons. The fourth-order valence-corrected chi connectivity index (χ4v) is 3.05. The molecule has 39 heavy (non-hydrogen) atoms. The monoisotopic (exact) mass is 546 g/mol. The van der Waals surface area contributed by atoms with Crippen LogP contribution in [0.15, 0.2) is 48.5 Å². The molecule has 2 aromatic rings. The Balaban J connectivity index is 0.000000294. The van der Waals surface area contributed by atoms with Crippen molar-refractivity contribution in [3.63, 3.8) is 0 Å². The van der Waals surface area contributed by atoms with Crippen LogP contribution in [0.1, 0.15) is 86.4 Å². The summed E-state index contributed by atoms with van der Waals surface area (Å²) >= 11 is 0. The van der Waals surface area contributed by atoms with Crippen molar-refractivity contribution in [1.29, 1.82) is 0 Å². The molecule has 0 saturated carbocycles. The van der Waals surface area contributed by atoms with Crippen LogP contribution in [0.2, 0.25) is 0 Å². The van der Waals surface area contributed by atoms with Crippen LogP contribution in [0.3, 0.4) is 0 Å². The molecule has 2 heterocycles. The number of carbonyl (C=O) groups is 6. The van der Waals surface area contributed by atoms with Gasteiger partial charge < -0.3 is 29.9 Å². The van der Waals surface area contributed by atoms with E-state index in [2.05, 4.69) is 0 Å². The Morgan fingerprint density at radius 2 is 0.949 bits per heavy atom. The first-order valence-electron chi connectivity index (χ1n) is 12.0. The number of carboxylic acids is 4. The normalized spacial score (nSPS) is 11.9. The maximum absolute atomic E-state index is 11.3. The minimum absolute atomic E-state index is 0.0186. The van der Waals surface area contributed by atoms with Crippen LogP contribution in [0.25, 0.3) is 0 Å². The van der Waals surface area contributed by atoms with E-state index in [1.807, 2.05) is 0 Å². The van der Waals surface area contributed by atoms with Gasteiger partial charge in [0, 0.05) is 12.8 Å². The topological polar surface area (TPSA) is 202 Å². The number of carboxylic acid groups (broad SMARTS) is 4. The molecular weight excluding hydrogens is 516 g/mol. The molecule has 12 nitrogen and oxygen atoms in total. The fraction of sp³-hybridized carbons (Fsp3) is 0.333. The maximum Gasteiger partial charge on any atom is 0.338 e. The van der Waals surface area contributed by atoms with Crippen LogP contribution >= 0.6 is 0 Å². The number of esters is 2. The number of carbonyl (C=O) groups excluding carboxylic acids is 2. The van der Waals surface area contributed by atoms with E-state index in [0.29, 0.717) is 24.0 Å². The largest absolute Gasteiger partial charge is 0.481 e. The Morgan fingerprint density at radius 3 is 1.28 bits per heavy atom. The molecule has 0 atom stereocenters. The second-order valence-corrected chi connectivity index (χ2v) is 8.10. The van der Waals surface area contributed by atoms with E-state index in [1.54, 1.807) is 24.3 Å². The zero-order valence-corrected chi connectivity index (χ0v) is 21.0. The molecule has 2 aliphatic rings. The van der Waals surface area contributed by atoms with Crippen LogP contribution in [-0.4, -0.2) is 69.5 Å². The van der Waals surface area contributed by atoms with Gasteiger partial charge in [-0.25, -0.2) is 19.2 Å². The summed E-state index contributed by atoms with van der Waals surface area (Å²) < 4.78 is 9.66. The number of fused-ring (bicyclic) bond motifs is 7. The number of aliphatic carboxylic acids is 2. The summed E-state index contributed by atoms with van der Waals surface area (Å²) in [5, 5.41) is 33.6. The van der Waals surface area contributed by atoms with Gasteiger partial charge in [0.25, 0.3) is 0 Å². The standard InChI is InChI=1S/C10H8O4.C9H16O4.C8H6O4/c11-9-7-1-2-8(4-3-7)10(12)14-6-5-13-9;10-8(11)6-4-2-1-3-5-7-9(12)13;9-7(10)5-2-1-3-6(4-5)8(11)12/h1-4H,5-6H2;1-7H2,(H,10,11)(H,12,13);1-4H,(H,9,10)(H,11,12). The number of benzene rings is 2. The highest BCUT2D eigenvalue weighted by atomic mass is 16.6. The molecule has 2 aliphatic heterocycles. The van der Waals surface area contributed by atoms with Crippen LogP contribution in [0, 0.1) is 0 Å². The lowest BCUT2D eigenvalue weighted by Gasteiger charge is -2.09. The summed E-state index contributed by atoms with van der Waals surface area (Å²) in [7, 11) is 0. The molecule has 0 unspecified atom stereocenters. The van der Waals surface area contributed by atoms with Crippen molar-refractivity contribution < 1.29 is 58.7 Å². The molecule has 0 fully saturated rings. The summed E-state index contributed by atoms with van der Waals surface area (Å²) in [6.07, 6.45) is 4.53. The number of unbranched alkanes of at least 4 members (excludes halogenated alkanes) is 4. The lowest BCUT2D eigenvalue weighted by atomic mass is 10.1. The van der Waals surface area contributed by atoms with Gasteiger partial charge >= 0.3 is 35.8 Å². The van der Waals surface area contributed by atoms with E-state index in [4.69, 9.17) is 29.9 Å². The third-order valence-corrected chi connectivity index (χ3v) is 5.04. The van der Waals surface area contributed by atoms with Crippen LogP contribution in [0.4, 0.5) is 0 Å². The molecule has 0 aliphatic carbocycles. The van der Waals surface area contributed by atoms with Crippen molar-refractivity contribution in [2.24, 2.45) is 0 Å². The number of hydrogen-bond acceptors (Lipinski definition) is 8. The SMILES string of the molecule is O=C(O)CCCCCCCC(=O)O.O=C(O)c1cccc(C(=O)O)c1.O=C1OCCOC(=O)c2ccc1cc2. The Hall–Kier alpha value is -4.74. The van der Waals surface area contributed by atoms with Gasteiger partial charge in [-0.05, 0) is 55.3 Å². The average molecular weight is 547 g/mol. The third-order valence-electron chi connectivity index (χ3n) is 5.04. The van der Waals surface area contributed by atoms with Gasteiger partial charge in [0.05, 0.1) is 22.3 Å². The van der Waals surface area contributed by atoms with Crippen LogP contribution < -0.4 is 0 Å².